The molecule has 4 aromatic heterocycles. The van der Waals surface area contributed by atoms with Crippen molar-refractivity contribution in [1.29, 1.82) is 0 Å². The van der Waals surface area contributed by atoms with Crippen molar-refractivity contribution in [3.05, 3.63) is 156 Å². The van der Waals surface area contributed by atoms with Gasteiger partial charge in [-0.3, -0.25) is 14.1 Å². The molecule has 6 nitrogen and oxygen atoms in total. The molecule has 0 spiro atoms. The van der Waals surface area contributed by atoms with Crippen molar-refractivity contribution in [2.75, 3.05) is 0 Å². The second-order valence-electron chi connectivity index (χ2n) is 13.1. The lowest BCUT2D eigenvalue weighted by Gasteiger charge is -2.15. The van der Waals surface area contributed by atoms with Crippen molar-refractivity contribution < 1.29 is 4.39 Å². The Kier molecular flexibility index (Phi) is 6.84. The van der Waals surface area contributed by atoms with Gasteiger partial charge in [0.25, 0.3) is 0 Å². The van der Waals surface area contributed by atoms with Gasteiger partial charge in [0.2, 0.25) is 0 Å². The summed E-state index contributed by atoms with van der Waals surface area (Å²) in [4.78, 5) is 19.6. The molecule has 0 saturated carbocycles. The monoisotopic (exact) mass is 662 g/mol. The first kappa shape index (κ1) is 29.4. The van der Waals surface area contributed by atoms with E-state index in [1.165, 1.54) is 10.9 Å². The Balaban J connectivity index is 0.983. The molecule has 0 N–H and O–H groups in total. The molecule has 51 heavy (non-hydrogen) atoms. The Morgan fingerprint density at radius 1 is 0.608 bits per heavy atom. The van der Waals surface area contributed by atoms with Crippen molar-refractivity contribution >= 4 is 56.3 Å². The van der Waals surface area contributed by atoms with Crippen molar-refractivity contribution in [3.63, 3.8) is 0 Å². The molecule has 0 aliphatic carbocycles. The molecule has 0 unspecified atom stereocenters. The second kappa shape index (κ2) is 11.8. The smallest absolute Gasteiger partial charge is 0.145 e. The number of allylic oxidation sites excluding steroid dienone is 1. The van der Waals surface area contributed by atoms with Crippen LogP contribution in [-0.4, -0.2) is 31.0 Å². The summed E-state index contributed by atoms with van der Waals surface area (Å²) in [5.74, 6) is 0.553. The highest BCUT2D eigenvalue weighted by molar-refractivity contribution is 6.08. The topological polar surface area (TPSA) is 60.4 Å². The number of aliphatic imine (C=N–C) groups is 2. The molecule has 7 heteroatoms. The highest BCUT2D eigenvalue weighted by Gasteiger charge is 2.21. The molecule has 0 atom stereocenters. The van der Waals surface area contributed by atoms with Gasteiger partial charge in [-0.15, -0.1) is 0 Å². The van der Waals surface area contributed by atoms with Gasteiger partial charge in [0, 0.05) is 45.4 Å². The molecular formula is C44H31FN6. The van der Waals surface area contributed by atoms with Gasteiger partial charge in [0.15, 0.2) is 0 Å². The van der Waals surface area contributed by atoms with Gasteiger partial charge >= 0.3 is 0 Å². The van der Waals surface area contributed by atoms with Gasteiger partial charge < -0.3 is 0 Å². The van der Waals surface area contributed by atoms with Crippen molar-refractivity contribution in [3.8, 4) is 22.6 Å². The largest absolute Gasteiger partial charge is 0.294 e. The molecule has 0 bridgehead atoms. The predicted octanol–water partition coefficient (Wildman–Crippen LogP) is 10.6. The molecule has 6 heterocycles. The number of benzene rings is 4. The zero-order valence-electron chi connectivity index (χ0n) is 27.7. The van der Waals surface area contributed by atoms with E-state index in [0.29, 0.717) is 11.3 Å². The van der Waals surface area contributed by atoms with E-state index in [9.17, 15) is 0 Å². The summed E-state index contributed by atoms with van der Waals surface area (Å²) in [5.41, 5.74) is 11.2. The normalized spacial score (nSPS) is 14.2. The summed E-state index contributed by atoms with van der Waals surface area (Å²) in [6.45, 7) is 0. The minimum Gasteiger partial charge on any atom is -0.294 e. The summed E-state index contributed by atoms with van der Waals surface area (Å²) < 4.78 is 19.7. The zero-order valence-corrected chi connectivity index (χ0v) is 27.7. The molecule has 4 aromatic carbocycles. The van der Waals surface area contributed by atoms with E-state index in [-0.39, 0.29) is 5.82 Å². The van der Waals surface area contributed by atoms with Gasteiger partial charge in [0.1, 0.15) is 17.3 Å². The van der Waals surface area contributed by atoms with Crippen LogP contribution in [0.3, 0.4) is 0 Å². The molecule has 0 radical (unpaired) electrons. The quantitative estimate of drug-likeness (QED) is 0.184. The fourth-order valence-corrected chi connectivity index (χ4v) is 7.70. The van der Waals surface area contributed by atoms with Gasteiger partial charge in [-0.25, -0.2) is 19.4 Å². The molecule has 2 aliphatic heterocycles. The van der Waals surface area contributed by atoms with Crippen molar-refractivity contribution in [1.82, 2.24) is 19.1 Å². The van der Waals surface area contributed by atoms with E-state index in [1.807, 2.05) is 54.9 Å². The molecule has 8 aromatic rings. The number of hydrogen-bond donors (Lipinski definition) is 0. The fourth-order valence-electron chi connectivity index (χ4n) is 7.70. The van der Waals surface area contributed by atoms with Crippen LogP contribution in [0.4, 0.5) is 10.2 Å². The van der Waals surface area contributed by atoms with Crippen molar-refractivity contribution in [2.24, 2.45) is 9.98 Å². The molecule has 244 valence electrons. The SMILES string of the molecule is Fc1cc(-c2cccc(C3=NC(c4ccc(-n5c6ccccc6c6cccnc65)cc4)=CCC3)n2)cc(-n2c3c(c4ccccc42)CCC=N3)c1. The van der Waals surface area contributed by atoms with Crippen LogP contribution < -0.4 is 0 Å². The number of aromatic nitrogens is 4. The average molecular weight is 663 g/mol. The molecule has 0 saturated heterocycles. The number of hydrogen-bond acceptors (Lipinski definition) is 4. The van der Waals surface area contributed by atoms with Crippen LogP contribution in [-0.2, 0) is 6.42 Å². The van der Waals surface area contributed by atoms with Crippen LogP contribution in [0.5, 0.6) is 0 Å². The second-order valence-corrected chi connectivity index (χ2v) is 13.1. The maximum Gasteiger partial charge on any atom is 0.145 e. The highest BCUT2D eigenvalue weighted by atomic mass is 19.1. The molecule has 0 amide bonds. The Morgan fingerprint density at radius 3 is 2.27 bits per heavy atom. The lowest BCUT2D eigenvalue weighted by atomic mass is 10.0. The van der Waals surface area contributed by atoms with E-state index in [0.717, 1.165) is 93.0 Å². The van der Waals surface area contributed by atoms with Gasteiger partial charge in [-0.05, 0) is 98.0 Å². The third kappa shape index (κ3) is 4.92. The molecule has 10 rings (SSSR count). The zero-order chi connectivity index (χ0) is 33.9. The van der Waals surface area contributed by atoms with Crippen LogP contribution in [0.15, 0.2) is 144 Å². The Bertz CT molecular complexity index is 2710. The average Bonchev–Trinajstić information content (AvgIpc) is 3.71. The van der Waals surface area contributed by atoms with Crippen LogP contribution in [0.2, 0.25) is 0 Å². The molecular weight excluding hydrogens is 632 g/mol. The third-order valence-electron chi connectivity index (χ3n) is 10.00. The van der Waals surface area contributed by atoms with Gasteiger partial charge in [-0.2, -0.15) is 0 Å². The standard InChI is InChI=1S/C44H31FN6/c45-30-25-29(26-32(27-30)51-42-18-4-2-10-34(42)36-12-8-24-47-44(36)51)38-14-6-16-40(49-38)39-15-5-13-37(48-39)28-19-21-31(22-20-28)50-41-17-3-1-9-33(41)35-11-7-23-46-43(35)50/h1-4,6-7,9-11,13-14,16-27H,5,8,12,15H2. The fraction of sp³-hybridized carbons (Fsp3) is 0.0909. The van der Waals surface area contributed by atoms with Gasteiger partial charge in [0.05, 0.1) is 39.5 Å². The Hall–Kier alpha value is -6.47. The molecule has 2 aliphatic rings. The Morgan fingerprint density at radius 2 is 1.39 bits per heavy atom. The maximum absolute atomic E-state index is 15.4. The van der Waals surface area contributed by atoms with E-state index in [4.69, 9.17) is 20.0 Å². The number of aryl methyl sites for hydroxylation is 1. The summed E-state index contributed by atoms with van der Waals surface area (Å²) in [5, 5.41) is 3.48. The summed E-state index contributed by atoms with van der Waals surface area (Å²) >= 11 is 0. The summed E-state index contributed by atoms with van der Waals surface area (Å²) in [6.07, 6.45) is 9.44. The predicted molar refractivity (Wildman–Crippen MR) is 205 cm³/mol. The Labute approximate surface area is 293 Å². The minimum atomic E-state index is -0.318. The minimum absolute atomic E-state index is 0.318. The van der Waals surface area contributed by atoms with Crippen LogP contribution in [0.1, 0.15) is 36.1 Å². The third-order valence-corrected chi connectivity index (χ3v) is 10.00. The number of pyridine rings is 2. The first-order valence-corrected chi connectivity index (χ1v) is 17.4. The highest BCUT2D eigenvalue weighted by Crippen LogP contribution is 2.39. The van der Waals surface area contributed by atoms with Crippen LogP contribution >= 0.6 is 0 Å². The number of halogens is 1. The van der Waals surface area contributed by atoms with E-state index >= 15 is 4.39 Å². The summed E-state index contributed by atoms with van der Waals surface area (Å²) in [7, 11) is 0. The van der Waals surface area contributed by atoms with Crippen molar-refractivity contribution in [2.45, 2.75) is 25.7 Å². The number of fused-ring (bicyclic) bond motifs is 6. The molecule has 0 fully saturated rings. The lowest BCUT2D eigenvalue weighted by molar-refractivity contribution is 0.627. The number of rotatable bonds is 5. The maximum atomic E-state index is 15.4. The van der Waals surface area contributed by atoms with E-state index < -0.39 is 0 Å². The number of para-hydroxylation sites is 2. The van der Waals surface area contributed by atoms with E-state index in [1.54, 1.807) is 12.1 Å². The summed E-state index contributed by atoms with van der Waals surface area (Å²) in [6, 6.07) is 40.4. The van der Waals surface area contributed by atoms with Gasteiger partial charge in [-0.1, -0.05) is 60.7 Å². The van der Waals surface area contributed by atoms with Crippen LogP contribution in [0.25, 0.3) is 61.2 Å². The first-order chi connectivity index (χ1) is 25.2. The number of nitrogens with zero attached hydrogens (tertiary/aromatic N) is 6. The van der Waals surface area contributed by atoms with Crippen LogP contribution in [0, 0.1) is 5.82 Å². The first-order valence-electron chi connectivity index (χ1n) is 17.4. The van der Waals surface area contributed by atoms with E-state index in [2.05, 4.69) is 81.9 Å². The lowest BCUT2D eigenvalue weighted by Crippen LogP contribution is -2.08.